The second kappa shape index (κ2) is 6.43. The third kappa shape index (κ3) is 3.38. The third-order valence-electron chi connectivity index (χ3n) is 4.92. The van der Waals surface area contributed by atoms with E-state index in [1.165, 1.54) is 0 Å². The molecule has 1 aromatic rings. The maximum Gasteiger partial charge on any atom is 0.320 e. The zero-order valence-electron chi connectivity index (χ0n) is 14.1. The van der Waals surface area contributed by atoms with Crippen LogP contribution >= 0.6 is 0 Å². The number of carboxylic acid groups (broad SMARTS) is 1. The maximum atomic E-state index is 12.6. The number of hydrogen-bond donors (Lipinski definition) is 2. The summed E-state index contributed by atoms with van der Waals surface area (Å²) >= 11 is 0. The molecule has 0 bridgehead atoms. The normalized spacial score (nSPS) is 24.6. The molecular formula is C18H24N2O4. The van der Waals surface area contributed by atoms with E-state index in [4.69, 9.17) is 0 Å². The number of β-amino-alcohol motifs (C(OH)–C–C–N with tert-alkyl or cyclic N) is 1. The number of aryl methyl sites for hydroxylation is 2. The Morgan fingerprint density at radius 2 is 1.58 bits per heavy atom. The fourth-order valence-corrected chi connectivity index (χ4v) is 3.73. The Labute approximate surface area is 141 Å². The number of amides is 2. The number of benzene rings is 1. The Morgan fingerprint density at radius 3 is 2.12 bits per heavy atom. The van der Waals surface area contributed by atoms with Gasteiger partial charge in [0.25, 0.3) is 0 Å². The van der Waals surface area contributed by atoms with Crippen molar-refractivity contribution in [2.24, 2.45) is 5.92 Å². The van der Waals surface area contributed by atoms with Gasteiger partial charge in [0.05, 0.1) is 25.1 Å². The average Bonchev–Trinajstić information content (AvgIpc) is 2.49. The highest BCUT2D eigenvalue weighted by atomic mass is 16.4. The molecule has 2 saturated heterocycles. The zero-order chi connectivity index (χ0) is 17.4. The Hall–Kier alpha value is -2.08. The molecule has 2 heterocycles. The summed E-state index contributed by atoms with van der Waals surface area (Å²) in [6.45, 7) is 5.49. The number of urea groups is 1. The van der Waals surface area contributed by atoms with Crippen LogP contribution in [0.1, 0.15) is 29.0 Å². The van der Waals surface area contributed by atoms with Crippen LogP contribution in [0.25, 0.3) is 0 Å². The second-order valence-corrected chi connectivity index (χ2v) is 7.14. The van der Waals surface area contributed by atoms with Crippen LogP contribution in [0.4, 0.5) is 4.79 Å². The molecule has 24 heavy (non-hydrogen) atoms. The molecule has 2 atom stereocenters. The quantitative estimate of drug-likeness (QED) is 0.862. The first kappa shape index (κ1) is 16.8. The molecule has 2 aliphatic rings. The lowest BCUT2D eigenvalue weighted by atomic mass is 9.83. The molecule has 6 heteroatoms. The van der Waals surface area contributed by atoms with Gasteiger partial charge in [0.2, 0.25) is 0 Å². The van der Waals surface area contributed by atoms with Gasteiger partial charge in [-0.3, -0.25) is 4.79 Å². The van der Waals surface area contributed by atoms with Crippen LogP contribution in [0.3, 0.4) is 0 Å². The monoisotopic (exact) mass is 332 g/mol. The molecule has 2 amide bonds. The van der Waals surface area contributed by atoms with Gasteiger partial charge in [0.15, 0.2) is 0 Å². The van der Waals surface area contributed by atoms with Crippen LogP contribution < -0.4 is 0 Å². The van der Waals surface area contributed by atoms with Gasteiger partial charge < -0.3 is 20.0 Å². The Balaban J connectivity index is 1.81. The number of aliphatic carboxylic acids is 1. The van der Waals surface area contributed by atoms with Crippen LogP contribution in [-0.4, -0.2) is 64.3 Å². The molecular weight excluding hydrogens is 308 g/mol. The predicted molar refractivity (Wildman–Crippen MR) is 88.9 cm³/mol. The summed E-state index contributed by atoms with van der Waals surface area (Å²) in [6, 6.07) is 6.09. The average molecular weight is 332 g/mol. The molecule has 0 aromatic heterocycles. The molecule has 2 fully saturated rings. The first-order chi connectivity index (χ1) is 11.3. The number of carbonyl (C=O) groups excluding carboxylic acids is 1. The smallest absolute Gasteiger partial charge is 0.320 e. The standard InChI is InChI=1S/C18H24N2O4/c1-11-3-12(2)5-13(4-11)14-6-15(17(22)23)8-19(7-14)18(24)20-9-16(21)10-20/h3-5,14-16,21H,6-10H2,1-2H3,(H,22,23). The largest absolute Gasteiger partial charge is 0.481 e. The van der Waals surface area contributed by atoms with Crippen molar-refractivity contribution in [2.75, 3.05) is 26.2 Å². The molecule has 0 saturated carbocycles. The van der Waals surface area contributed by atoms with Crippen molar-refractivity contribution in [2.45, 2.75) is 32.3 Å². The molecule has 0 spiro atoms. The Bertz CT molecular complexity index is 634. The highest BCUT2D eigenvalue weighted by Crippen LogP contribution is 2.32. The van der Waals surface area contributed by atoms with Crippen molar-refractivity contribution >= 4 is 12.0 Å². The van der Waals surface area contributed by atoms with Crippen LogP contribution in [0.2, 0.25) is 0 Å². The second-order valence-electron chi connectivity index (χ2n) is 7.14. The lowest BCUT2D eigenvalue weighted by Crippen LogP contribution is -2.59. The van der Waals surface area contributed by atoms with Crippen LogP contribution in [0.5, 0.6) is 0 Å². The summed E-state index contributed by atoms with van der Waals surface area (Å²) in [5.74, 6) is -1.39. The minimum Gasteiger partial charge on any atom is -0.481 e. The van der Waals surface area contributed by atoms with Crippen molar-refractivity contribution in [1.82, 2.24) is 9.80 Å². The van der Waals surface area contributed by atoms with Gasteiger partial charge in [0.1, 0.15) is 0 Å². The number of rotatable bonds is 2. The summed E-state index contributed by atoms with van der Waals surface area (Å²) in [7, 11) is 0. The molecule has 0 aliphatic carbocycles. The third-order valence-corrected chi connectivity index (χ3v) is 4.92. The van der Waals surface area contributed by atoms with E-state index in [0.717, 1.165) is 16.7 Å². The first-order valence-electron chi connectivity index (χ1n) is 8.36. The summed E-state index contributed by atoms with van der Waals surface area (Å²) in [4.78, 5) is 27.3. The summed E-state index contributed by atoms with van der Waals surface area (Å²) in [6.07, 6.45) is 0.0918. The summed E-state index contributed by atoms with van der Waals surface area (Å²) in [5.41, 5.74) is 3.39. The van der Waals surface area contributed by atoms with E-state index >= 15 is 0 Å². The summed E-state index contributed by atoms with van der Waals surface area (Å²) in [5, 5.41) is 18.9. The molecule has 0 radical (unpaired) electrons. The van der Waals surface area contributed by atoms with E-state index in [0.29, 0.717) is 26.1 Å². The number of carboxylic acids is 1. The highest BCUT2D eigenvalue weighted by molar-refractivity contribution is 5.77. The number of hydrogen-bond acceptors (Lipinski definition) is 3. The van der Waals surface area contributed by atoms with E-state index in [1.54, 1.807) is 9.80 Å². The van der Waals surface area contributed by atoms with Crippen LogP contribution in [0.15, 0.2) is 18.2 Å². The predicted octanol–water partition coefficient (Wildman–Crippen LogP) is 1.59. The molecule has 6 nitrogen and oxygen atoms in total. The van der Waals surface area contributed by atoms with Gasteiger partial charge in [-0.15, -0.1) is 0 Å². The number of likely N-dealkylation sites (tertiary alicyclic amines) is 2. The molecule has 2 unspecified atom stereocenters. The van der Waals surface area contributed by atoms with Gasteiger partial charge >= 0.3 is 12.0 Å². The van der Waals surface area contributed by atoms with Crippen molar-refractivity contribution in [1.29, 1.82) is 0 Å². The number of aliphatic hydroxyl groups is 1. The number of piperidine rings is 1. The van der Waals surface area contributed by atoms with Crippen LogP contribution in [-0.2, 0) is 4.79 Å². The SMILES string of the molecule is Cc1cc(C)cc(C2CC(C(=O)O)CN(C(=O)N3CC(O)C3)C2)c1. The van der Waals surface area contributed by atoms with Gasteiger partial charge in [-0.2, -0.15) is 0 Å². The van der Waals surface area contributed by atoms with E-state index in [2.05, 4.69) is 18.2 Å². The molecule has 1 aromatic carbocycles. The highest BCUT2D eigenvalue weighted by Gasteiger charge is 2.38. The number of aliphatic hydroxyl groups excluding tert-OH is 1. The fraction of sp³-hybridized carbons (Fsp3) is 0.556. The van der Waals surface area contributed by atoms with Crippen molar-refractivity contribution in [3.05, 3.63) is 34.9 Å². The van der Waals surface area contributed by atoms with Crippen molar-refractivity contribution in [3.63, 3.8) is 0 Å². The van der Waals surface area contributed by atoms with Gasteiger partial charge in [-0.1, -0.05) is 29.3 Å². The zero-order valence-corrected chi connectivity index (χ0v) is 14.1. The summed E-state index contributed by atoms with van der Waals surface area (Å²) < 4.78 is 0. The minimum absolute atomic E-state index is 0.0219. The Kier molecular flexibility index (Phi) is 4.49. The maximum absolute atomic E-state index is 12.6. The topological polar surface area (TPSA) is 81.1 Å². The molecule has 130 valence electrons. The van der Waals surface area contributed by atoms with E-state index in [1.807, 2.05) is 13.8 Å². The minimum atomic E-state index is -0.856. The first-order valence-corrected chi connectivity index (χ1v) is 8.36. The number of nitrogens with zero attached hydrogens (tertiary/aromatic N) is 2. The number of carbonyl (C=O) groups is 2. The van der Waals surface area contributed by atoms with Gasteiger partial charge in [0, 0.05) is 19.0 Å². The molecule has 3 rings (SSSR count). The van der Waals surface area contributed by atoms with Gasteiger partial charge in [-0.25, -0.2) is 4.79 Å². The van der Waals surface area contributed by atoms with Gasteiger partial charge in [-0.05, 0) is 25.8 Å². The van der Waals surface area contributed by atoms with Crippen molar-refractivity contribution < 1.29 is 19.8 Å². The molecule has 2 N–H and O–H groups in total. The fourth-order valence-electron chi connectivity index (χ4n) is 3.73. The van der Waals surface area contributed by atoms with E-state index in [9.17, 15) is 19.8 Å². The lowest BCUT2D eigenvalue weighted by molar-refractivity contribution is -0.143. The Morgan fingerprint density at radius 1 is 1.00 bits per heavy atom. The lowest BCUT2D eigenvalue weighted by Gasteiger charge is -2.43. The van der Waals surface area contributed by atoms with E-state index < -0.39 is 18.0 Å². The van der Waals surface area contributed by atoms with Crippen LogP contribution in [0, 0.1) is 19.8 Å². The van der Waals surface area contributed by atoms with E-state index in [-0.39, 0.29) is 18.5 Å². The van der Waals surface area contributed by atoms with Crippen molar-refractivity contribution in [3.8, 4) is 0 Å². The molecule has 2 aliphatic heterocycles.